The lowest BCUT2D eigenvalue weighted by molar-refractivity contribution is -0.147. The Balaban J connectivity index is 0.00000144. The van der Waals surface area contributed by atoms with Gasteiger partial charge in [-0.1, -0.05) is 28.2 Å². The van der Waals surface area contributed by atoms with E-state index in [1.54, 1.807) is 0 Å². The first-order valence-corrected chi connectivity index (χ1v) is 4.28. The van der Waals surface area contributed by atoms with Crippen molar-refractivity contribution in [3.63, 3.8) is 0 Å². The number of likely N-dealkylation sites (tertiary alicyclic amines) is 1. The summed E-state index contributed by atoms with van der Waals surface area (Å²) in [6, 6.07) is 0. The Morgan fingerprint density at radius 1 is 1.38 bits per heavy atom. The maximum Gasteiger partial charge on any atom is 0.234 e. The van der Waals surface area contributed by atoms with Crippen LogP contribution in [0.15, 0.2) is 0 Å². The molecule has 0 aromatic rings. The molecule has 3 nitrogen and oxygen atoms in total. The largest absolute Gasteiger partial charge is 0.282 e. The summed E-state index contributed by atoms with van der Waals surface area (Å²) in [6.07, 6.45) is 1.35. The average molecular weight is 185 g/mol. The van der Waals surface area contributed by atoms with Gasteiger partial charge in [0.25, 0.3) is 0 Å². The molecule has 0 radical (unpaired) electrons. The van der Waals surface area contributed by atoms with Gasteiger partial charge in [-0.3, -0.25) is 14.5 Å². The predicted molar refractivity (Wildman–Crippen MR) is 52.1 cm³/mol. The van der Waals surface area contributed by atoms with Crippen LogP contribution in [0.5, 0.6) is 0 Å². The molecule has 1 heterocycles. The highest BCUT2D eigenvalue weighted by atomic mass is 16.2. The highest BCUT2D eigenvalue weighted by Crippen LogP contribution is 2.21. The lowest BCUT2D eigenvalue weighted by Gasteiger charge is -2.23. The van der Waals surface area contributed by atoms with Crippen molar-refractivity contribution in [3.8, 4) is 0 Å². The Labute approximate surface area is 80.1 Å². The van der Waals surface area contributed by atoms with Crippen LogP contribution in [0.3, 0.4) is 0 Å². The van der Waals surface area contributed by atoms with Crippen LogP contribution in [0.1, 0.15) is 41.0 Å². The van der Waals surface area contributed by atoms with Crippen molar-refractivity contribution in [1.82, 2.24) is 4.90 Å². The topological polar surface area (TPSA) is 37.4 Å². The van der Waals surface area contributed by atoms with Crippen LogP contribution in [0.4, 0.5) is 0 Å². The number of nitrogens with zero attached hydrogens (tertiary/aromatic N) is 1. The molecule has 0 bridgehead atoms. The summed E-state index contributed by atoms with van der Waals surface area (Å²) in [5.41, 5.74) is -0.431. The zero-order valence-corrected chi connectivity index (χ0v) is 7.89. The molecule has 0 aromatic carbocycles. The van der Waals surface area contributed by atoms with Crippen LogP contribution in [0.25, 0.3) is 0 Å². The second kappa shape index (κ2) is 3.90. The van der Waals surface area contributed by atoms with Gasteiger partial charge in [0.2, 0.25) is 11.8 Å². The summed E-state index contributed by atoms with van der Waals surface area (Å²) >= 11 is 0. The van der Waals surface area contributed by atoms with Gasteiger partial charge in [0.15, 0.2) is 0 Å². The normalized spacial score (nSPS) is 17.2. The maximum atomic E-state index is 11.6. The molecular formula is C10H19NO2. The number of imide groups is 1. The standard InChI is InChI=1S/C9H15NO2.CH4/c1-9(2,3)8(12)10-6-4-5-7(10)11;/h4-6H2,1-3H3;1H4. The molecule has 1 aliphatic heterocycles. The second-order valence-corrected chi connectivity index (χ2v) is 4.20. The molecule has 0 aliphatic carbocycles. The van der Waals surface area contributed by atoms with Crippen molar-refractivity contribution in [1.29, 1.82) is 0 Å². The van der Waals surface area contributed by atoms with Gasteiger partial charge in [0.1, 0.15) is 0 Å². The Hall–Kier alpha value is -0.860. The van der Waals surface area contributed by atoms with Gasteiger partial charge in [-0.25, -0.2) is 0 Å². The van der Waals surface area contributed by atoms with E-state index in [-0.39, 0.29) is 19.2 Å². The summed E-state index contributed by atoms with van der Waals surface area (Å²) in [7, 11) is 0. The second-order valence-electron chi connectivity index (χ2n) is 4.20. The zero-order chi connectivity index (χ0) is 9.35. The molecule has 1 saturated heterocycles. The third-order valence-corrected chi connectivity index (χ3v) is 1.96. The lowest BCUT2D eigenvalue weighted by Crippen LogP contribution is -2.40. The van der Waals surface area contributed by atoms with E-state index in [9.17, 15) is 9.59 Å². The predicted octanol–water partition coefficient (Wildman–Crippen LogP) is 1.82. The van der Waals surface area contributed by atoms with E-state index >= 15 is 0 Å². The molecule has 0 atom stereocenters. The van der Waals surface area contributed by atoms with E-state index in [2.05, 4.69) is 0 Å². The first-order valence-electron chi connectivity index (χ1n) is 4.28. The molecule has 0 unspecified atom stereocenters. The van der Waals surface area contributed by atoms with Crippen LogP contribution in [-0.2, 0) is 9.59 Å². The van der Waals surface area contributed by atoms with Crippen LogP contribution < -0.4 is 0 Å². The summed E-state index contributed by atoms with van der Waals surface area (Å²) in [4.78, 5) is 24.1. The van der Waals surface area contributed by atoms with E-state index in [0.29, 0.717) is 13.0 Å². The molecular weight excluding hydrogens is 166 g/mol. The van der Waals surface area contributed by atoms with Gasteiger partial charge in [0, 0.05) is 18.4 Å². The van der Waals surface area contributed by atoms with Gasteiger partial charge < -0.3 is 0 Å². The fourth-order valence-electron chi connectivity index (χ4n) is 1.27. The average Bonchev–Trinajstić information content (AvgIpc) is 2.31. The number of carbonyl (C=O) groups excluding carboxylic acids is 2. The van der Waals surface area contributed by atoms with E-state index in [1.807, 2.05) is 20.8 Å². The van der Waals surface area contributed by atoms with Gasteiger partial charge >= 0.3 is 0 Å². The van der Waals surface area contributed by atoms with Gasteiger partial charge in [-0.05, 0) is 6.42 Å². The SMILES string of the molecule is C.CC(C)(C)C(=O)N1CCCC1=O. The molecule has 0 saturated carbocycles. The van der Waals surface area contributed by atoms with Gasteiger partial charge in [0.05, 0.1) is 0 Å². The first kappa shape index (κ1) is 12.1. The van der Waals surface area contributed by atoms with E-state index < -0.39 is 5.41 Å². The van der Waals surface area contributed by atoms with E-state index in [1.165, 1.54) is 4.90 Å². The number of rotatable bonds is 0. The molecule has 13 heavy (non-hydrogen) atoms. The quantitative estimate of drug-likeness (QED) is 0.577. The van der Waals surface area contributed by atoms with E-state index in [0.717, 1.165) is 6.42 Å². The van der Waals surface area contributed by atoms with Gasteiger partial charge in [-0.15, -0.1) is 0 Å². The molecule has 0 aromatic heterocycles. The third kappa shape index (κ3) is 2.54. The summed E-state index contributed by atoms with van der Waals surface area (Å²) in [5, 5.41) is 0. The van der Waals surface area contributed by atoms with Crippen LogP contribution in [-0.4, -0.2) is 23.3 Å². The van der Waals surface area contributed by atoms with Crippen molar-refractivity contribution in [2.24, 2.45) is 5.41 Å². The van der Waals surface area contributed by atoms with Gasteiger partial charge in [-0.2, -0.15) is 0 Å². The van der Waals surface area contributed by atoms with Crippen LogP contribution in [0.2, 0.25) is 0 Å². The smallest absolute Gasteiger partial charge is 0.234 e. The monoisotopic (exact) mass is 185 g/mol. The lowest BCUT2D eigenvalue weighted by atomic mass is 9.95. The Morgan fingerprint density at radius 3 is 2.23 bits per heavy atom. The fraction of sp³-hybridized carbons (Fsp3) is 0.800. The number of hydrogen-bond acceptors (Lipinski definition) is 2. The third-order valence-electron chi connectivity index (χ3n) is 1.96. The number of carbonyl (C=O) groups is 2. The number of amides is 2. The molecule has 1 fully saturated rings. The Morgan fingerprint density at radius 2 is 1.92 bits per heavy atom. The highest BCUT2D eigenvalue weighted by molar-refractivity contribution is 5.98. The van der Waals surface area contributed by atoms with Crippen molar-refractivity contribution in [3.05, 3.63) is 0 Å². The molecule has 3 heteroatoms. The zero-order valence-electron chi connectivity index (χ0n) is 7.89. The van der Waals surface area contributed by atoms with Crippen molar-refractivity contribution in [2.45, 2.75) is 41.0 Å². The molecule has 1 rings (SSSR count). The van der Waals surface area contributed by atoms with Crippen LogP contribution >= 0.6 is 0 Å². The van der Waals surface area contributed by atoms with Crippen molar-refractivity contribution < 1.29 is 9.59 Å². The molecule has 0 N–H and O–H groups in total. The van der Waals surface area contributed by atoms with E-state index in [4.69, 9.17) is 0 Å². The molecule has 1 aliphatic rings. The highest BCUT2D eigenvalue weighted by Gasteiger charge is 2.33. The maximum absolute atomic E-state index is 11.6. The van der Waals surface area contributed by atoms with Crippen LogP contribution in [0, 0.1) is 5.41 Å². The summed E-state index contributed by atoms with van der Waals surface area (Å²) in [5.74, 6) is -0.0695. The molecule has 76 valence electrons. The first-order chi connectivity index (χ1) is 5.43. The molecule has 2 amide bonds. The molecule has 0 spiro atoms. The minimum atomic E-state index is -0.431. The Bertz CT molecular complexity index is 215. The summed E-state index contributed by atoms with van der Waals surface area (Å²) < 4.78 is 0. The number of hydrogen-bond donors (Lipinski definition) is 0. The van der Waals surface area contributed by atoms with Crippen molar-refractivity contribution in [2.75, 3.05) is 6.54 Å². The summed E-state index contributed by atoms with van der Waals surface area (Å²) in [6.45, 7) is 6.11. The minimum Gasteiger partial charge on any atom is -0.282 e. The fourth-order valence-corrected chi connectivity index (χ4v) is 1.27. The van der Waals surface area contributed by atoms with Crippen molar-refractivity contribution >= 4 is 11.8 Å². The minimum absolute atomic E-state index is 0. The Kier molecular flexibility index (Phi) is 3.64.